The monoisotopic (exact) mass is 247 g/mol. The molecule has 0 spiro atoms. The maximum atomic E-state index is 11.7. The Hall–Kier alpha value is -1.87. The first-order valence-corrected chi connectivity index (χ1v) is 6.11. The van der Waals surface area contributed by atoms with Gasteiger partial charge in [-0.3, -0.25) is 4.79 Å². The predicted octanol–water partition coefficient (Wildman–Crippen LogP) is -0.0443. The van der Waals surface area contributed by atoms with Crippen LogP contribution in [0.3, 0.4) is 0 Å². The molecule has 96 valence electrons. The highest BCUT2D eigenvalue weighted by Crippen LogP contribution is 2.16. The van der Waals surface area contributed by atoms with Crippen LogP contribution in [0.2, 0.25) is 0 Å². The summed E-state index contributed by atoms with van der Waals surface area (Å²) in [7, 11) is 0. The third kappa shape index (κ3) is 3.08. The summed E-state index contributed by atoms with van der Waals surface area (Å²) in [6, 6.07) is 0.343. The number of hydrogen-bond donors (Lipinski definition) is 2. The Balaban J connectivity index is 1.95. The van der Waals surface area contributed by atoms with E-state index in [1.807, 2.05) is 0 Å². The number of piperidine rings is 1. The normalized spacial score (nSPS) is 15.8. The van der Waals surface area contributed by atoms with Crippen molar-refractivity contribution < 1.29 is 4.79 Å². The molecule has 2 heterocycles. The van der Waals surface area contributed by atoms with E-state index in [1.165, 1.54) is 0 Å². The number of nitrogens with zero attached hydrogens (tertiary/aromatic N) is 3. The molecule has 1 aliphatic heterocycles. The maximum absolute atomic E-state index is 11.7. The van der Waals surface area contributed by atoms with Crippen LogP contribution in [0.25, 0.3) is 0 Å². The molecule has 6 nitrogen and oxygen atoms in total. The van der Waals surface area contributed by atoms with Crippen molar-refractivity contribution in [2.24, 2.45) is 0 Å². The van der Waals surface area contributed by atoms with Crippen LogP contribution in [0.4, 0.5) is 0 Å². The SMILES string of the molecule is CC#CCNC(=O)c1cn(C2CCNCC2)nn1. The van der Waals surface area contributed by atoms with Gasteiger partial charge in [0.1, 0.15) is 0 Å². The first-order valence-electron chi connectivity index (χ1n) is 6.11. The highest BCUT2D eigenvalue weighted by atomic mass is 16.1. The summed E-state index contributed by atoms with van der Waals surface area (Å²) in [6.45, 7) is 4.05. The smallest absolute Gasteiger partial charge is 0.274 e. The Kier molecular flexibility index (Phi) is 4.31. The lowest BCUT2D eigenvalue weighted by molar-refractivity contribution is 0.0953. The zero-order chi connectivity index (χ0) is 12.8. The molecule has 1 aromatic heterocycles. The van der Waals surface area contributed by atoms with E-state index in [2.05, 4.69) is 32.8 Å². The van der Waals surface area contributed by atoms with Crippen LogP contribution in [-0.2, 0) is 0 Å². The van der Waals surface area contributed by atoms with Crippen LogP contribution in [-0.4, -0.2) is 40.5 Å². The molecule has 2 N–H and O–H groups in total. The van der Waals surface area contributed by atoms with Crippen LogP contribution >= 0.6 is 0 Å². The zero-order valence-corrected chi connectivity index (χ0v) is 10.4. The third-order valence-corrected chi connectivity index (χ3v) is 2.94. The van der Waals surface area contributed by atoms with Gasteiger partial charge >= 0.3 is 0 Å². The summed E-state index contributed by atoms with van der Waals surface area (Å²) >= 11 is 0. The summed E-state index contributed by atoms with van der Waals surface area (Å²) in [5.41, 5.74) is 0.353. The van der Waals surface area contributed by atoms with Crippen LogP contribution in [0.15, 0.2) is 6.20 Å². The number of nitrogens with one attached hydrogen (secondary N) is 2. The third-order valence-electron chi connectivity index (χ3n) is 2.94. The van der Waals surface area contributed by atoms with Gasteiger partial charge in [0.2, 0.25) is 0 Å². The lowest BCUT2D eigenvalue weighted by Gasteiger charge is -2.21. The van der Waals surface area contributed by atoms with Crippen LogP contribution in [0, 0.1) is 11.8 Å². The molecule has 2 rings (SSSR count). The molecule has 6 heteroatoms. The fraction of sp³-hybridized carbons (Fsp3) is 0.583. The van der Waals surface area contributed by atoms with E-state index in [1.54, 1.807) is 17.8 Å². The number of rotatable bonds is 3. The molecule has 0 saturated carbocycles. The van der Waals surface area contributed by atoms with Crippen LogP contribution in [0.5, 0.6) is 0 Å². The number of carbonyl (C=O) groups excluding carboxylic acids is 1. The van der Waals surface area contributed by atoms with Gasteiger partial charge in [-0.15, -0.1) is 11.0 Å². The Morgan fingerprint density at radius 2 is 2.39 bits per heavy atom. The predicted molar refractivity (Wildman–Crippen MR) is 66.9 cm³/mol. The molecular weight excluding hydrogens is 230 g/mol. The van der Waals surface area contributed by atoms with E-state index >= 15 is 0 Å². The van der Waals surface area contributed by atoms with Crippen molar-refractivity contribution in [1.29, 1.82) is 0 Å². The Labute approximate surface area is 106 Å². The molecule has 1 aromatic rings. The molecule has 0 radical (unpaired) electrons. The van der Waals surface area contributed by atoms with Gasteiger partial charge in [-0.1, -0.05) is 11.1 Å². The number of aromatic nitrogens is 3. The average molecular weight is 247 g/mol. The minimum Gasteiger partial charge on any atom is -0.340 e. The number of carbonyl (C=O) groups is 1. The molecule has 0 bridgehead atoms. The Morgan fingerprint density at radius 3 is 3.11 bits per heavy atom. The van der Waals surface area contributed by atoms with Gasteiger partial charge in [-0.2, -0.15) is 0 Å². The largest absolute Gasteiger partial charge is 0.340 e. The van der Waals surface area contributed by atoms with Crippen molar-refractivity contribution in [2.45, 2.75) is 25.8 Å². The van der Waals surface area contributed by atoms with Crippen molar-refractivity contribution in [1.82, 2.24) is 25.6 Å². The van der Waals surface area contributed by atoms with Gasteiger partial charge < -0.3 is 10.6 Å². The first kappa shape index (κ1) is 12.6. The number of hydrogen-bond acceptors (Lipinski definition) is 4. The van der Waals surface area contributed by atoms with Gasteiger partial charge in [0.25, 0.3) is 5.91 Å². The Bertz CT molecular complexity index is 464. The average Bonchev–Trinajstić information content (AvgIpc) is 2.89. The number of amides is 1. The van der Waals surface area contributed by atoms with E-state index in [9.17, 15) is 4.79 Å². The van der Waals surface area contributed by atoms with Crippen LogP contribution < -0.4 is 10.6 Å². The summed E-state index contributed by atoms with van der Waals surface area (Å²) in [5, 5.41) is 13.9. The van der Waals surface area contributed by atoms with E-state index in [4.69, 9.17) is 0 Å². The van der Waals surface area contributed by atoms with Gasteiger partial charge in [0.05, 0.1) is 18.8 Å². The first-order chi connectivity index (χ1) is 8.81. The second-order valence-corrected chi connectivity index (χ2v) is 4.17. The van der Waals surface area contributed by atoms with Crippen molar-refractivity contribution in [2.75, 3.05) is 19.6 Å². The van der Waals surface area contributed by atoms with Crippen molar-refractivity contribution >= 4 is 5.91 Å². The lowest BCUT2D eigenvalue weighted by atomic mass is 10.1. The van der Waals surface area contributed by atoms with Gasteiger partial charge in [0.15, 0.2) is 5.69 Å². The molecule has 0 aliphatic carbocycles. The van der Waals surface area contributed by atoms with E-state index < -0.39 is 0 Å². The fourth-order valence-corrected chi connectivity index (χ4v) is 1.93. The molecule has 0 aromatic carbocycles. The second-order valence-electron chi connectivity index (χ2n) is 4.17. The quantitative estimate of drug-likeness (QED) is 0.735. The minimum atomic E-state index is -0.224. The molecule has 1 amide bonds. The molecule has 1 fully saturated rings. The molecule has 1 saturated heterocycles. The summed E-state index contributed by atoms with van der Waals surface area (Å²) in [5.74, 6) is 5.27. The Morgan fingerprint density at radius 1 is 1.61 bits per heavy atom. The van der Waals surface area contributed by atoms with Crippen molar-refractivity contribution in [3.63, 3.8) is 0 Å². The summed E-state index contributed by atoms with van der Waals surface area (Å²) < 4.78 is 1.79. The topological polar surface area (TPSA) is 71.8 Å². The zero-order valence-electron chi connectivity index (χ0n) is 10.4. The van der Waals surface area contributed by atoms with E-state index in [0.29, 0.717) is 18.3 Å². The lowest BCUT2D eigenvalue weighted by Crippen LogP contribution is -2.29. The van der Waals surface area contributed by atoms with Gasteiger partial charge in [0, 0.05) is 0 Å². The highest BCUT2D eigenvalue weighted by Gasteiger charge is 2.18. The van der Waals surface area contributed by atoms with Crippen LogP contribution in [0.1, 0.15) is 36.3 Å². The molecular formula is C12H17N5O. The molecule has 18 heavy (non-hydrogen) atoms. The summed E-state index contributed by atoms with van der Waals surface area (Å²) in [6.07, 6.45) is 3.75. The van der Waals surface area contributed by atoms with Gasteiger partial charge in [-0.25, -0.2) is 4.68 Å². The van der Waals surface area contributed by atoms with Crippen molar-refractivity contribution in [3.8, 4) is 11.8 Å². The second kappa shape index (κ2) is 6.17. The van der Waals surface area contributed by atoms with E-state index in [-0.39, 0.29) is 5.91 Å². The standard InChI is InChI=1S/C12H17N5O/c1-2-3-6-14-12(18)11-9-17(16-15-11)10-4-7-13-8-5-10/h9-10,13H,4-8H2,1H3,(H,14,18). The molecule has 1 aliphatic rings. The molecule has 0 atom stereocenters. The fourth-order valence-electron chi connectivity index (χ4n) is 1.93. The highest BCUT2D eigenvalue weighted by molar-refractivity contribution is 5.91. The minimum absolute atomic E-state index is 0.224. The summed E-state index contributed by atoms with van der Waals surface area (Å²) in [4.78, 5) is 11.7. The molecule has 0 unspecified atom stereocenters. The maximum Gasteiger partial charge on any atom is 0.274 e. The van der Waals surface area contributed by atoms with Gasteiger partial charge in [-0.05, 0) is 32.9 Å². The van der Waals surface area contributed by atoms with E-state index in [0.717, 1.165) is 25.9 Å². The van der Waals surface area contributed by atoms with Crippen molar-refractivity contribution in [3.05, 3.63) is 11.9 Å².